The third-order valence-electron chi connectivity index (χ3n) is 3.94. The van der Waals surface area contributed by atoms with Gasteiger partial charge in [0.2, 0.25) is 0 Å². The smallest absolute Gasteiger partial charge is 0.303 e. The Hall–Kier alpha value is -1.78. The fraction of sp³-hybridized carbons (Fsp3) is 0.500. The quantitative estimate of drug-likeness (QED) is 0.419. The van der Waals surface area contributed by atoms with Crippen molar-refractivity contribution in [3.63, 3.8) is 0 Å². The number of rotatable bonds is 5. The van der Waals surface area contributed by atoms with Gasteiger partial charge in [-0.2, -0.15) is 0 Å². The van der Waals surface area contributed by atoms with E-state index in [1.165, 1.54) is 37.7 Å². The van der Waals surface area contributed by atoms with Crippen molar-refractivity contribution in [1.82, 2.24) is 0 Å². The molecule has 26 heavy (non-hydrogen) atoms. The molecule has 0 aliphatic carbocycles. The second-order valence-electron chi connectivity index (χ2n) is 5.86. The van der Waals surface area contributed by atoms with E-state index in [9.17, 15) is 19.7 Å². The van der Waals surface area contributed by atoms with E-state index in [0.29, 0.717) is 5.75 Å². The topological polar surface area (TPSA) is 105 Å². The molecular weight excluding hydrogens is 382 g/mol. The van der Waals surface area contributed by atoms with Crippen molar-refractivity contribution in [1.29, 1.82) is 0 Å². The average Bonchev–Trinajstić information content (AvgIpc) is 2.83. The highest BCUT2D eigenvalue weighted by Gasteiger charge is 2.55. The van der Waals surface area contributed by atoms with Gasteiger partial charge in [-0.25, -0.2) is 0 Å². The minimum Gasteiger partial charge on any atom is -0.456 e. The molecule has 0 saturated carbocycles. The molecule has 0 amide bonds. The second kappa shape index (κ2) is 7.85. The number of nitro groups is 1. The number of hydrogen-bond donors (Lipinski definition) is 0. The number of nitrogens with zero attached hydrogens (tertiary/aromatic N) is 1. The van der Waals surface area contributed by atoms with Crippen molar-refractivity contribution in [2.45, 2.75) is 47.7 Å². The lowest BCUT2D eigenvalue weighted by molar-refractivity contribution is -0.384. The first-order chi connectivity index (χ1) is 12.3. The van der Waals surface area contributed by atoms with Gasteiger partial charge in [0, 0.05) is 36.6 Å². The van der Waals surface area contributed by atoms with E-state index in [1.54, 1.807) is 23.9 Å². The highest BCUT2D eigenvalue weighted by atomic mass is 32.2. The van der Waals surface area contributed by atoms with Gasteiger partial charge >= 0.3 is 11.9 Å². The van der Waals surface area contributed by atoms with Gasteiger partial charge in [-0.15, -0.1) is 23.5 Å². The summed E-state index contributed by atoms with van der Waals surface area (Å²) in [4.78, 5) is 34.0. The van der Waals surface area contributed by atoms with Crippen LogP contribution in [0.1, 0.15) is 13.8 Å². The van der Waals surface area contributed by atoms with Crippen molar-refractivity contribution in [3.05, 3.63) is 34.4 Å². The summed E-state index contributed by atoms with van der Waals surface area (Å²) in [5.74, 6) is -0.322. The third-order valence-corrected chi connectivity index (χ3v) is 6.80. The van der Waals surface area contributed by atoms with Gasteiger partial charge in [0.05, 0.1) is 9.51 Å². The van der Waals surface area contributed by atoms with Crippen molar-refractivity contribution in [3.8, 4) is 0 Å². The fourth-order valence-corrected chi connectivity index (χ4v) is 5.75. The molecule has 140 valence electrons. The van der Waals surface area contributed by atoms with Crippen LogP contribution in [-0.4, -0.2) is 51.6 Å². The number of carbonyl (C=O) groups excluding carboxylic acids is 2. The van der Waals surface area contributed by atoms with Crippen molar-refractivity contribution >= 4 is 41.1 Å². The Bertz CT molecular complexity index is 711. The Kier molecular flexibility index (Phi) is 5.73. The van der Waals surface area contributed by atoms with Gasteiger partial charge in [0.25, 0.3) is 5.69 Å². The maximum Gasteiger partial charge on any atom is 0.303 e. The molecule has 0 aromatic heterocycles. The highest BCUT2D eigenvalue weighted by molar-refractivity contribution is 8.17. The molecule has 0 unspecified atom stereocenters. The van der Waals surface area contributed by atoms with Gasteiger partial charge in [-0.05, 0) is 12.1 Å². The lowest BCUT2D eigenvalue weighted by Gasteiger charge is -2.29. The molecule has 2 heterocycles. The largest absolute Gasteiger partial charge is 0.456 e. The summed E-state index contributed by atoms with van der Waals surface area (Å²) in [6, 6.07) is 6.24. The summed E-state index contributed by atoms with van der Waals surface area (Å²) >= 11 is 3.11. The predicted octanol–water partition coefficient (Wildman–Crippen LogP) is 2.39. The maximum atomic E-state index is 11.5. The molecule has 0 radical (unpaired) electrons. The first-order valence-corrected chi connectivity index (χ1v) is 9.80. The van der Waals surface area contributed by atoms with Crippen LogP contribution in [0.5, 0.6) is 0 Å². The van der Waals surface area contributed by atoms with Gasteiger partial charge in [-0.3, -0.25) is 19.7 Å². The zero-order valence-electron chi connectivity index (χ0n) is 14.0. The molecule has 5 atom stereocenters. The summed E-state index contributed by atoms with van der Waals surface area (Å²) in [6.07, 6.45) is -2.07. The van der Waals surface area contributed by atoms with Crippen molar-refractivity contribution < 1.29 is 28.7 Å². The summed E-state index contributed by atoms with van der Waals surface area (Å²) in [6.45, 7) is 2.61. The summed E-state index contributed by atoms with van der Waals surface area (Å²) in [5, 5.41) is 10.8. The summed E-state index contributed by atoms with van der Waals surface area (Å²) in [7, 11) is 0. The van der Waals surface area contributed by atoms with Crippen LogP contribution in [0.4, 0.5) is 5.69 Å². The van der Waals surface area contributed by atoms with Crippen LogP contribution in [-0.2, 0) is 23.8 Å². The number of non-ortho nitro benzene ring substituents is 1. The van der Waals surface area contributed by atoms with E-state index in [1.807, 2.05) is 0 Å². The maximum absolute atomic E-state index is 11.5. The minimum atomic E-state index is -0.674. The second-order valence-corrected chi connectivity index (χ2v) is 8.55. The Labute approximate surface area is 158 Å². The van der Waals surface area contributed by atoms with E-state index in [0.717, 1.165) is 4.90 Å². The Morgan fingerprint density at radius 2 is 1.81 bits per heavy atom. The van der Waals surface area contributed by atoms with Gasteiger partial charge < -0.3 is 14.2 Å². The molecule has 2 aliphatic heterocycles. The molecule has 1 aromatic rings. The van der Waals surface area contributed by atoms with Gasteiger partial charge in [-0.1, -0.05) is 0 Å². The number of benzene rings is 1. The zero-order valence-corrected chi connectivity index (χ0v) is 15.7. The lowest BCUT2D eigenvalue weighted by Crippen LogP contribution is -2.40. The standard InChI is InChI=1S/C16H17NO7S2/c1-8(18)22-13-12-7-25-16(15(24-12)14(13)23-9(2)19)26-11-5-3-10(4-6-11)17(20)21/h3-6,12-16H,7H2,1-2H3/t12-,13-,14+,15-,16-/m1/s1. The number of nitro benzene ring substituents is 1. The minimum absolute atomic E-state index is 0.0236. The number of ether oxygens (including phenoxy) is 3. The summed E-state index contributed by atoms with van der Waals surface area (Å²) < 4.78 is 16.6. The fourth-order valence-electron chi connectivity index (χ4n) is 2.93. The van der Waals surface area contributed by atoms with Crippen LogP contribution in [0.25, 0.3) is 0 Å². The van der Waals surface area contributed by atoms with E-state index in [4.69, 9.17) is 14.2 Å². The molecule has 1 aromatic carbocycles. The third kappa shape index (κ3) is 4.13. The van der Waals surface area contributed by atoms with Crippen molar-refractivity contribution in [2.24, 2.45) is 0 Å². The Morgan fingerprint density at radius 1 is 1.19 bits per heavy atom. The van der Waals surface area contributed by atoms with Crippen LogP contribution < -0.4 is 0 Å². The van der Waals surface area contributed by atoms with Crippen molar-refractivity contribution in [2.75, 3.05) is 5.75 Å². The molecular formula is C16H17NO7S2. The average molecular weight is 399 g/mol. The van der Waals surface area contributed by atoms with E-state index >= 15 is 0 Å². The predicted molar refractivity (Wildman–Crippen MR) is 95.0 cm³/mol. The van der Waals surface area contributed by atoms with Gasteiger partial charge in [0.15, 0.2) is 12.2 Å². The Balaban J connectivity index is 1.76. The number of carbonyl (C=O) groups is 2. The van der Waals surface area contributed by atoms with Crippen LogP contribution in [0, 0.1) is 10.1 Å². The van der Waals surface area contributed by atoms with E-state index in [2.05, 4.69) is 0 Å². The Morgan fingerprint density at radius 3 is 2.38 bits per heavy atom. The molecule has 2 bridgehead atoms. The number of hydrogen-bond acceptors (Lipinski definition) is 9. The van der Waals surface area contributed by atoms with Crippen LogP contribution in [0.15, 0.2) is 29.2 Å². The highest BCUT2D eigenvalue weighted by Crippen LogP contribution is 2.46. The number of thioether (sulfide) groups is 2. The van der Waals surface area contributed by atoms with E-state index < -0.39 is 35.2 Å². The van der Waals surface area contributed by atoms with Gasteiger partial charge in [0.1, 0.15) is 12.2 Å². The zero-order chi connectivity index (χ0) is 18.8. The molecule has 0 spiro atoms. The number of fused-ring (bicyclic) bond motifs is 2. The van der Waals surface area contributed by atoms with E-state index in [-0.39, 0.29) is 16.4 Å². The molecule has 2 fully saturated rings. The van der Waals surface area contributed by atoms with Crippen LogP contribution in [0.3, 0.4) is 0 Å². The first-order valence-electron chi connectivity index (χ1n) is 7.88. The van der Waals surface area contributed by atoms with Crippen LogP contribution >= 0.6 is 23.5 Å². The monoisotopic (exact) mass is 399 g/mol. The normalized spacial score (nSPS) is 29.8. The first kappa shape index (κ1) is 19.0. The SMILES string of the molecule is CC(=O)O[C@@H]1[C@H]2O[C@H](CS[C@@H]2Sc2ccc([N+](=O)[O-])cc2)[C@H]1OC(C)=O. The molecule has 8 nitrogen and oxygen atoms in total. The lowest BCUT2D eigenvalue weighted by atomic mass is 10.1. The molecule has 3 rings (SSSR count). The summed E-state index contributed by atoms with van der Waals surface area (Å²) in [5.41, 5.74) is 0.0236. The number of esters is 2. The molecule has 0 N–H and O–H groups in total. The molecule has 10 heteroatoms. The molecule has 2 saturated heterocycles. The van der Waals surface area contributed by atoms with Crippen LogP contribution in [0.2, 0.25) is 0 Å². The molecule has 2 aliphatic rings.